The van der Waals surface area contributed by atoms with Gasteiger partial charge in [0.2, 0.25) is 0 Å². The lowest BCUT2D eigenvalue weighted by Crippen LogP contribution is -2.21. The van der Waals surface area contributed by atoms with Gasteiger partial charge in [-0.1, -0.05) is 25.1 Å². The van der Waals surface area contributed by atoms with Crippen LogP contribution < -0.4 is 5.73 Å². The lowest BCUT2D eigenvalue weighted by atomic mass is 9.91. The number of benzene rings is 1. The molecule has 0 aliphatic carbocycles. The molecule has 0 fully saturated rings. The van der Waals surface area contributed by atoms with E-state index in [0.717, 1.165) is 28.6 Å². The molecule has 0 amide bonds. The molecular formula is C15H20N2O. The molecule has 3 N–H and O–H groups in total. The average molecular weight is 244 g/mol. The molecule has 0 aliphatic heterocycles. The van der Waals surface area contributed by atoms with Gasteiger partial charge in [0.25, 0.3) is 0 Å². The van der Waals surface area contributed by atoms with Gasteiger partial charge >= 0.3 is 0 Å². The van der Waals surface area contributed by atoms with Crippen molar-refractivity contribution < 1.29 is 5.11 Å². The van der Waals surface area contributed by atoms with Crippen LogP contribution in [0.5, 0.6) is 0 Å². The summed E-state index contributed by atoms with van der Waals surface area (Å²) >= 11 is 0. The summed E-state index contributed by atoms with van der Waals surface area (Å²) in [6, 6.07) is 9.88. The average Bonchev–Trinajstić information content (AvgIpc) is 2.39. The highest BCUT2D eigenvalue weighted by Gasteiger charge is 2.20. The summed E-state index contributed by atoms with van der Waals surface area (Å²) in [7, 11) is 0. The van der Waals surface area contributed by atoms with Gasteiger partial charge in [-0.15, -0.1) is 0 Å². The molecule has 0 radical (unpaired) electrons. The SMILES string of the molecule is CCC(CN)C(O)c1cc(C)nc2ccccc12. The monoisotopic (exact) mass is 244 g/mol. The van der Waals surface area contributed by atoms with E-state index in [1.165, 1.54) is 0 Å². The molecule has 0 spiro atoms. The third-order valence-electron chi connectivity index (χ3n) is 3.47. The number of nitrogens with zero attached hydrogens (tertiary/aromatic N) is 1. The van der Waals surface area contributed by atoms with Crippen LogP contribution in [0, 0.1) is 12.8 Å². The maximum atomic E-state index is 10.5. The minimum atomic E-state index is -0.522. The first-order valence-electron chi connectivity index (χ1n) is 6.41. The Balaban J connectivity index is 2.55. The Morgan fingerprint density at radius 2 is 2.06 bits per heavy atom. The Bertz CT molecular complexity index is 535. The second kappa shape index (κ2) is 5.46. The lowest BCUT2D eigenvalue weighted by molar-refractivity contribution is 0.111. The van der Waals surface area contributed by atoms with E-state index in [1.54, 1.807) is 0 Å². The molecule has 0 saturated heterocycles. The van der Waals surface area contributed by atoms with Gasteiger partial charge in [-0.2, -0.15) is 0 Å². The zero-order valence-electron chi connectivity index (χ0n) is 10.9. The van der Waals surface area contributed by atoms with Gasteiger partial charge in [0, 0.05) is 17.0 Å². The Kier molecular flexibility index (Phi) is 3.94. The summed E-state index contributed by atoms with van der Waals surface area (Å²) in [5.41, 5.74) is 8.52. The fourth-order valence-corrected chi connectivity index (χ4v) is 2.36. The van der Waals surface area contributed by atoms with Crippen molar-refractivity contribution in [2.45, 2.75) is 26.4 Å². The van der Waals surface area contributed by atoms with E-state index < -0.39 is 6.10 Å². The van der Waals surface area contributed by atoms with Gasteiger partial charge in [0.1, 0.15) is 0 Å². The molecule has 18 heavy (non-hydrogen) atoms. The number of hydrogen-bond acceptors (Lipinski definition) is 3. The second-order valence-electron chi connectivity index (χ2n) is 4.72. The smallest absolute Gasteiger partial charge is 0.0837 e. The zero-order chi connectivity index (χ0) is 13.1. The largest absolute Gasteiger partial charge is 0.388 e. The number of para-hydroxylation sites is 1. The number of rotatable bonds is 4. The summed E-state index contributed by atoms with van der Waals surface area (Å²) in [5, 5.41) is 11.5. The van der Waals surface area contributed by atoms with Crippen molar-refractivity contribution in [2.75, 3.05) is 6.54 Å². The fraction of sp³-hybridized carbons (Fsp3) is 0.400. The minimum absolute atomic E-state index is 0.0928. The molecule has 0 aliphatic rings. The molecule has 96 valence electrons. The molecule has 2 unspecified atom stereocenters. The van der Waals surface area contributed by atoms with Crippen LogP contribution in [0.3, 0.4) is 0 Å². The summed E-state index contributed by atoms with van der Waals surface area (Å²) in [4.78, 5) is 4.49. The molecule has 0 saturated carbocycles. The second-order valence-corrected chi connectivity index (χ2v) is 4.72. The molecule has 1 heterocycles. The van der Waals surface area contributed by atoms with Crippen molar-refractivity contribution in [3.8, 4) is 0 Å². The molecule has 2 aromatic rings. The topological polar surface area (TPSA) is 59.1 Å². The highest BCUT2D eigenvalue weighted by atomic mass is 16.3. The summed E-state index contributed by atoms with van der Waals surface area (Å²) in [5.74, 6) is 0.0928. The quantitative estimate of drug-likeness (QED) is 0.869. The predicted octanol–water partition coefficient (Wildman–Crippen LogP) is 2.56. The molecular weight excluding hydrogens is 224 g/mol. The Labute approximate surface area is 108 Å². The normalized spacial score (nSPS) is 14.7. The molecule has 3 heteroatoms. The van der Waals surface area contributed by atoms with Crippen LogP contribution in [-0.4, -0.2) is 16.6 Å². The van der Waals surface area contributed by atoms with Gasteiger partial charge in [0.15, 0.2) is 0 Å². The minimum Gasteiger partial charge on any atom is -0.388 e. The number of hydrogen-bond donors (Lipinski definition) is 2. The summed E-state index contributed by atoms with van der Waals surface area (Å²) in [6.45, 7) is 4.50. The van der Waals surface area contributed by atoms with E-state index in [-0.39, 0.29) is 5.92 Å². The summed E-state index contributed by atoms with van der Waals surface area (Å²) in [6.07, 6.45) is 0.347. The number of aromatic nitrogens is 1. The van der Waals surface area contributed by atoms with Gasteiger partial charge in [-0.3, -0.25) is 4.98 Å². The molecule has 2 atom stereocenters. The molecule has 0 bridgehead atoms. The maximum absolute atomic E-state index is 10.5. The van der Waals surface area contributed by atoms with Crippen LogP contribution in [-0.2, 0) is 0 Å². The van der Waals surface area contributed by atoms with E-state index in [1.807, 2.05) is 37.3 Å². The number of pyridine rings is 1. The third kappa shape index (κ3) is 2.37. The molecule has 1 aromatic carbocycles. The van der Waals surface area contributed by atoms with Gasteiger partial charge in [0.05, 0.1) is 11.6 Å². The van der Waals surface area contributed by atoms with Crippen molar-refractivity contribution >= 4 is 10.9 Å². The van der Waals surface area contributed by atoms with Crippen molar-refractivity contribution in [2.24, 2.45) is 11.7 Å². The molecule has 2 rings (SSSR count). The fourth-order valence-electron chi connectivity index (χ4n) is 2.36. The number of nitrogens with two attached hydrogens (primary N) is 1. The third-order valence-corrected chi connectivity index (χ3v) is 3.47. The van der Waals surface area contributed by atoms with E-state index in [4.69, 9.17) is 5.73 Å². The number of aryl methyl sites for hydroxylation is 1. The summed E-state index contributed by atoms with van der Waals surface area (Å²) < 4.78 is 0. The van der Waals surface area contributed by atoms with Crippen molar-refractivity contribution in [3.63, 3.8) is 0 Å². The van der Waals surface area contributed by atoms with Gasteiger partial charge < -0.3 is 10.8 Å². The first kappa shape index (κ1) is 13.0. The van der Waals surface area contributed by atoms with Crippen LogP contribution in [0.25, 0.3) is 10.9 Å². The predicted molar refractivity (Wildman–Crippen MR) is 74.3 cm³/mol. The zero-order valence-corrected chi connectivity index (χ0v) is 10.9. The lowest BCUT2D eigenvalue weighted by Gasteiger charge is -2.22. The maximum Gasteiger partial charge on any atom is 0.0837 e. The van der Waals surface area contributed by atoms with Gasteiger partial charge in [-0.25, -0.2) is 0 Å². The first-order chi connectivity index (χ1) is 8.67. The molecule has 3 nitrogen and oxygen atoms in total. The van der Waals surface area contributed by atoms with Crippen LogP contribution >= 0.6 is 0 Å². The van der Waals surface area contributed by atoms with Crippen molar-refractivity contribution in [1.82, 2.24) is 4.98 Å². The van der Waals surface area contributed by atoms with Crippen LogP contribution in [0.1, 0.15) is 30.7 Å². The van der Waals surface area contributed by atoms with E-state index in [9.17, 15) is 5.11 Å². The van der Waals surface area contributed by atoms with E-state index in [2.05, 4.69) is 11.9 Å². The molecule has 1 aromatic heterocycles. The first-order valence-corrected chi connectivity index (χ1v) is 6.41. The van der Waals surface area contributed by atoms with Crippen LogP contribution in [0.15, 0.2) is 30.3 Å². The Hall–Kier alpha value is -1.45. The van der Waals surface area contributed by atoms with Crippen molar-refractivity contribution in [3.05, 3.63) is 41.6 Å². The standard InChI is InChI=1S/C15H20N2O/c1-3-11(9-16)15(18)13-8-10(2)17-14-7-5-4-6-12(13)14/h4-8,11,15,18H,3,9,16H2,1-2H3. The van der Waals surface area contributed by atoms with Crippen LogP contribution in [0.4, 0.5) is 0 Å². The Morgan fingerprint density at radius 1 is 1.33 bits per heavy atom. The number of aliphatic hydroxyl groups excluding tert-OH is 1. The number of aliphatic hydroxyl groups is 1. The van der Waals surface area contributed by atoms with E-state index >= 15 is 0 Å². The highest BCUT2D eigenvalue weighted by molar-refractivity contribution is 5.82. The Morgan fingerprint density at radius 3 is 2.72 bits per heavy atom. The van der Waals surface area contributed by atoms with E-state index in [0.29, 0.717) is 6.54 Å². The van der Waals surface area contributed by atoms with Gasteiger partial charge in [-0.05, 0) is 37.6 Å². The van der Waals surface area contributed by atoms with Crippen molar-refractivity contribution in [1.29, 1.82) is 0 Å². The highest BCUT2D eigenvalue weighted by Crippen LogP contribution is 2.30. The number of fused-ring (bicyclic) bond motifs is 1. The van der Waals surface area contributed by atoms with Crippen LogP contribution in [0.2, 0.25) is 0 Å².